The van der Waals surface area contributed by atoms with Crippen molar-refractivity contribution in [3.05, 3.63) is 58.6 Å². The van der Waals surface area contributed by atoms with Gasteiger partial charge in [-0.2, -0.15) is 0 Å². The van der Waals surface area contributed by atoms with Gasteiger partial charge < -0.3 is 19.9 Å². The molecule has 3 rings (SSSR count). The molecule has 0 spiro atoms. The summed E-state index contributed by atoms with van der Waals surface area (Å²) in [6, 6.07) is 13.4. The lowest BCUT2D eigenvalue weighted by molar-refractivity contribution is 0.171. The summed E-state index contributed by atoms with van der Waals surface area (Å²) in [5.41, 5.74) is 1.98. The molecule has 2 N–H and O–H groups in total. The van der Waals surface area contributed by atoms with Gasteiger partial charge in [0.15, 0.2) is 11.5 Å². The summed E-state index contributed by atoms with van der Waals surface area (Å²) < 4.78 is 11.3. The van der Waals surface area contributed by atoms with E-state index in [1.54, 1.807) is 0 Å². The quantitative estimate of drug-likeness (QED) is 0.882. The van der Waals surface area contributed by atoms with Crippen LogP contribution in [0.25, 0.3) is 0 Å². The monoisotopic (exact) mass is 333 g/mol. The van der Waals surface area contributed by atoms with Crippen molar-refractivity contribution in [3.63, 3.8) is 0 Å². The smallest absolute Gasteiger partial charge is 0.161 e. The van der Waals surface area contributed by atoms with E-state index < -0.39 is 0 Å². The molecule has 1 unspecified atom stereocenters. The Morgan fingerprint density at radius 1 is 1.13 bits per heavy atom. The topological polar surface area (TPSA) is 50.7 Å². The number of nitrogens with one attached hydrogen (secondary N) is 1. The molecule has 0 bridgehead atoms. The maximum Gasteiger partial charge on any atom is 0.161 e. The summed E-state index contributed by atoms with van der Waals surface area (Å²) in [6.45, 7) is 3.10. The maximum atomic E-state index is 9.40. The average Bonchev–Trinajstić information content (AvgIpc) is 2.60. The molecule has 0 fully saturated rings. The highest BCUT2D eigenvalue weighted by molar-refractivity contribution is 6.31. The fourth-order valence-corrected chi connectivity index (χ4v) is 2.90. The minimum atomic E-state index is -0.137. The van der Waals surface area contributed by atoms with Gasteiger partial charge in [0.05, 0.1) is 12.6 Å². The van der Waals surface area contributed by atoms with E-state index in [2.05, 4.69) is 5.32 Å². The largest absolute Gasteiger partial charge is 0.486 e. The van der Waals surface area contributed by atoms with Crippen LogP contribution >= 0.6 is 11.6 Å². The lowest BCUT2D eigenvalue weighted by Gasteiger charge is -2.26. The summed E-state index contributed by atoms with van der Waals surface area (Å²) in [4.78, 5) is 0. The molecule has 1 aliphatic rings. The van der Waals surface area contributed by atoms with Gasteiger partial charge in [-0.1, -0.05) is 35.9 Å². The van der Waals surface area contributed by atoms with E-state index in [0.29, 0.717) is 18.2 Å². The van der Waals surface area contributed by atoms with E-state index in [9.17, 15) is 5.11 Å². The van der Waals surface area contributed by atoms with Crippen LogP contribution in [-0.4, -0.2) is 31.0 Å². The molecule has 5 heteroatoms. The third-order valence-electron chi connectivity index (χ3n) is 3.84. The van der Waals surface area contributed by atoms with E-state index in [-0.39, 0.29) is 18.7 Å². The van der Waals surface area contributed by atoms with Gasteiger partial charge in [0.25, 0.3) is 0 Å². The van der Waals surface area contributed by atoms with Crippen LogP contribution < -0.4 is 14.8 Å². The first-order valence-electron chi connectivity index (χ1n) is 7.70. The van der Waals surface area contributed by atoms with Crippen LogP contribution in [0.1, 0.15) is 24.1 Å². The minimum absolute atomic E-state index is 0.0471. The Morgan fingerprint density at radius 3 is 2.61 bits per heavy atom. The zero-order valence-corrected chi connectivity index (χ0v) is 13.7. The molecule has 0 aliphatic carbocycles. The van der Waals surface area contributed by atoms with Crippen molar-refractivity contribution in [2.75, 3.05) is 19.8 Å². The van der Waals surface area contributed by atoms with Crippen LogP contribution in [-0.2, 0) is 0 Å². The molecular formula is C18H20ClNO3. The third kappa shape index (κ3) is 3.61. The Labute approximate surface area is 141 Å². The Bertz CT molecular complexity index is 677. The van der Waals surface area contributed by atoms with Crippen molar-refractivity contribution < 1.29 is 14.6 Å². The molecule has 0 saturated heterocycles. The van der Waals surface area contributed by atoms with Crippen molar-refractivity contribution in [2.24, 2.45) is 0 Å². The third-order valence-corrected chi connectivity index (χ3v) is 4.19. The first-order valence-corrected chi connectivity index (χ1v) is 8.07. The molecule has 23 heavy (non-hydrogen) atoms. The van der Waals surface area contributed by atoms with Crippen molar-refractivity contribution in [3.8, 4) is 11.5 Å². The number of fused-ring (bicyclic) bond motifs is 1. The zero-order chi connectivity index (χ0) is 16.2. The van der Waals surface area contributed by atoms with Crippen LogP contribution in [0.2, 0.25) is 5.02 Å². The van der Waals surface area contributed by atoms with Crippen molar-refractivity contribution in [2.45, 2.75) is 19.0 Å². The number of ether oxygens (including phenoxy) is 2. The van der Waals surface area contributed by atoms with Crippen LogP contribution in [0.4, 0.5) is 0 Å². The van der Waals surface area contributed by atoms with Gasteiger partial charge in [0, 0.05) is 11.1 Å². The maximum absolute atomic E-state index is 9.40. The molecule has 0 aromatic heterocycles. The van der Waals surface area contributed by atoms with Gasteiger partial charge in [0.1, 0.15) is 13.2 Å². The van der Waals surface area contributed by atoms with Crippen LogP contribution in [0.15, 0.2) is 42.5 Å². The summed E-state index contributed by atoms with van der Waals surface area (Å²) >= 11 is 6.38. The summed E-state index contributed by atoms with van der Waals surface area (Å²) in [7, 11) is 0. The van der Waals surface area contributed by atoms with E-state index in [1.165, 1.54) is 0 Å². The van der Waals surface area contributed by atoms with Gasteiger partial charge in [-0.05, 0) is 36.2 Å². The number of hydrogen-bond acceptors (Lipinski definition) is 4. The lowest BCUT2D eigenvalue weighted by Crippen LogP contribution is -2.34. The van der Waals surface area contributed by atoms with E-state index in [4.69, 9.17) is 21.1 Å². The Hall–Kier alpha value is -1.75. The number of rotatable bonds is 5. The van der Waals surface area contributed by atoms with Crippen LogP contribution in [0, 0.1) is 0 Å². The molecule has 2 atom stereocenters. The molecule has 2 aromatic carbocycles. The molecule has 122 valence electrons. The molecule has 0 amide bonds. The standard InChI is InChI=1S/C18H20ClNO3/c1-12(11-21)20-18(14-4-2-3-5-15(14)19)13-6-7-16-17(10-13)23-9-8-22-16/h2-7,10,12,18,20-21H,8-9,11H2,1H3/t12-,18?/m1/s1. The van der Waals surface area contributed by atoms with Crippen LogP contribution in [0.5, 0.6) is 11.5 Å². The lowest BCUT2D eigenvalue weighted by atomic mass is 9.97. The minimum Gasteiger partial charge on any atom is -0.486 e. The number of benzene rings is 2. The number of halogens is 1. The van der Waals surface area contributed by atoms with Gasteiger partial charge in [-0.25, -0.2) is 0 Å². The predicted molar refractivity (Wildman–Crippen MR) is 90.4 cm³/mol. The summed E-state index contributed by atoms with van der Waals surface area (Å²) in [5.74, 6) is 1.50. The molecule has 2 aromatic rings. The van der Waals surface area contributed by atoms with E-state index in [1.807, 2.05) is 49.4 Å². The van der Waals surface area contributed by atoms with Crippen molar-refractivity contribution in [1.82, 2.24) is 5.32 Å². The Kier molecular flexibility index (Phi) is 5.06. The molecule has 1 aliphatic heterocycles. The highest BCUT2D eigenvalue weighted by Gasteiger charge is 2.21. The molecule has 0 saturated carbocycles. The first kappa shape index (κ1) is 16.1. The second-order valence-corrected chi connectivity index (χ2v) is 6.02. The molecule has 1 heterocycles. The fourth-order valence-electron chi connectivity index (χ4n) is 2.65. The zero-order valence-electron chi connectivity index (χ0n) is 13.0. The summed E-state index contributed by atoms with van der Waals surface area (Å²) in [6.07, 6.45) is 0. The van der Waals surface area contributed by atoms with Gasteiger partial charge >= 0.3 is 0 Å². The van der Waals surface area contributed by atoms with Gasteiger partial charge in [0.2, 0.25) is 0 Å². The fraction of sp³-hybridized carbons (Fsp3) is 0.333. The first-order chi connectivity index (χ1) is 11.2. The highest BCUT2D eigenvalue weighted by Crippen LogP contribution is 2.36. The number of aliphatic hydroxyl groups is 1. The Morgan fingerprint density at radius 2 is 1.87 bits per heavy atom. The predicted octanol–water partition coefficient (Wildman–Crippen LogP) is 3.17. The van der Waals surface area contributed by atoms with E-state index in [0.717, 1.165) is 22.6 Å². The van der Waals surface area contributed by atoms with E-state index >= 15 is 0 Å². The average molecular weight is 334 g/mol. The van der Waals surface area contributed by atoms with Gasteiger partial charge in [-0.3, -0.25) is 0 Å². The number of hydrogen-bond donors (Lipinski definition) is 2. The van der Waals surface area contributed by atoms with Crippen molar-refractivity contribution in [1.29, 1.82) is 0 Å². The second kappa shape index (κ2) is 7.21. The second-order valence-electron chi connectivity index (χ2n) is 5.61. The normalized spacial score (nSPS) is 16.0. The van der Waals surface area contributed by atoms with Crippen molar-refractivity contribution >= 4 is 11.6 Å². The number of aliphatic hydroxyl groups excluding tert-OH is 1. The van der Waals surface area contributed by atoms with Crippen LogP contribution in [0.3, 0.4) is 0 Å². The van der Waals surface area contributed by atoms with Gasteiger partial charge in [-0.15, -0.1) is 0 Å². The molecular weight excluding hydrogens is 314 g/mol. The Balaban J connectivity index is 1.99. The molecule has 0 radical (unpaired) electrons. The highest BCUT2D eigenvalue weighted by atomic mass is 35.5. The SMILES string of the molecule is C[C@H](CO)NC(c1ccc2c(c1)OCCO2)c1ccccc1Cl. The summed E-state index contributed by atoms with van der Waals surface area (Å²) in [5, 5.41) is 13.5. The molecule has 4 nitrogen and oxygen atoms in total.